The molecular weight excluding hydrogens is 273 g/mol. The van der Waals surface area contributed by atoms with Crippen molar-refractivity contribution in [3.8, 4) is 17.5 Å². The van der Waals surface area contributed by atoms with Gasteiger partial charge in [-0.2, -0.15) is 23.5 Å². The zero-order valence-corrected chi connectivity index (χ0v) is 10.3. The molecule has 0 spiro atoms. The fourth-order valence-corrected chi connectivity index (χ4v) is 1.66. The summed E-state index contributed by atoms with van der Waals surface area (Å²) < 4.78 is 44.1. The first-order chi connectivity index (χ1) is 9.38. The lowest BCUT2D eigenvalue weighted by Crippen LogP contribution is -2.08. The number of ether oxygens (including phenoxy) is 1. The third-order valence-electron chi connectivity index (χ3n) is 2.62. The van der Waals surface area contributed by atoms with Gasteiger partial charge in [0.2, 0.25) is 0 Å². The van der Waals surface area contributed by atoms with Gasteiger partial charge in [-0.3, -0.25) is 0 Å². The van der Waals surface area contributed by atoms with E-state index in [9.17, 15) is 13.2 Å². The van der Waals surface area contributed by atoms with Crippen molar-refractivity contribution in [1.29, 1.82) is 5.26 Å². The number of rotatable bonds is 2. The van der Waals surface area contributed by atoms with E-state index >= 15 is 0 Å². The number of hydrogen-bond acceptors (Lipinski definition) is 4. The Labute approximate surface area is 112 Å². The van der Waals surface area contributed by atoms with Gasteiger partial charge in [0, 0.05) is 0 Å². The van der Waals surface area contributed by atoms with Crippen molar-refractivity contribution in [2.24, 2.45) is 0 Å². The molecule has 20 heavy (non-hydrogen) atoms. The normalized spacial score (nSPS) is 11.2. The largest absolute Gasteiger partial charge is 0.497 e. The Kier molecular flexibility index (Phi) is 3.28. The van der Waals surface area contributed by atoms with Crippen LogP contribution in [-0.4, -0.2) is 16.9 Å². The van der Waals surface area contributed by atoms with Gasteiger partial charge in [0.25, 0.3) is 0 Å². The molecular formula is C12H9F3N4O. The second kappa shape index (κ2) is 4.77. The van der Waals surface area contributed by atoms with Crippen LogP contribution in [0.1, 0.15) is 11.3 Å². The minimum atomic E-state index is -4.74. The van der Waals surface area contributed by atoms with Crippen LogP contribution < -0.4 is 10.5 Å². The minimum Gasteiger partial charge on any atom is -0.497 e. The summed E-state index contributed by atoms with van der Waals surface area (Å²) in [5.41, 5.74) is 3.88. The van der Waals surface area contributed by atoms with Gasteiger partial charge in [-0.15, -0.1) is 0 Å². The first-order valence-electron chi connectivity index (χ1n) is 5.38. The molecule has 0 bridgehead atoms. The lowest BCUT2D eigenvalue weighted by Gasteiger charge is -2.05. The first kappa shape index (κ1) is 13.7. The van der Waals surface area contributed by atoms with Crippen LogP contribution in [0, 0.1) is 11.3 Å². The maximum atomic E-state index is 12.8. The van der Waals surface area contributed by atoms with Crippen molar-refractivity contribution in [1.82, 2.24) is 9.78 Å². The van der Waals surface area contributed by atoms with E-state index in [0.29, 0.717) is 11.4 Å². The number of aromatic nitrogens is 2. The van der Waals surface area contributed by atoms with Crippen LogP contribution in [0.3, 0.4) is 0 Å². The molecule has 2 aromatic rings. The minimum absolute atomic E-state index is 0.301. The summed E-state index contributed by atoms with van der Waals surface area (Å²) in [6, 6.07) is 7.51. The molecule has 1 heterocycles. The van der Waals surface area contributed by atoms with Gasteiger partial charge in [-0.05, 0) is 24.3 Å². The zero-order chi connectivity index (χ0) is 14.9. The van der Waals surface area contributed by atoms with Crippen LogP contribution in [0.2, 0.25) is 0 Å². The first-order valence-corrected chi connectivity index (χ1v) is 5.38. The van der Waals surface area contributed by atoms with Crippen LogP contribution in [-0.2, 0) is 6.18 Å². The molecule has 104 valence electrons. The summed E-state index contributed by atoms with van der Waals surface area (Å²) in [4.78, 5) is 0. The van der Waals surface area contributed by atoms with Gasteiger partial charge in [-0.25, -0.2) is 4.68 Å². The lowest BCUT2D eigenvalue weighted by molar-refractivity contribution is -0.141. The van der Waals surface area contributed by atoms with Crippen LogP contribution in [0.15, 0.2) is 24.3 Å². The molecule has 0 amide bonds. The molecule has 0 saturated heterocycles. The zero-order valence-electron chi connectivity index (χ0n) is 10.3. The summed E-state index contributed by atoms with van der Waals surface area (Å²) in [6.45, 7) is 0. The molecule has 0 aliphatic rings. The smallest absolute Gasteiger partial charge is 0.436 e. The summed E-state index contributed by atoms with van der Waals surface area (Å²) in [7, 11) is 1.47. The topological polar surface area (TPSA) is 76.9 Å². The number of nitrogen functional groups attached to an aromatic ring is 1. The number of hydrogen-bond donors (Lipinski definition) is 1. The Morgan fingerprint density at radius 2 is 1.90 bits per heavy atom. The van der Waals surface area contributed by atoms with E-state index < -0.39 is 17.4 Å². The Balaban J connectivity index is 2.58. The predicted octanol–water partition coefficient (Wildman–Crippen LogP) is 2.35. The van der Waals surface area contributed by atoms with Crippen LogP contribution in [0.25, 0.3) is 5.69 Å². The number of alkyl halides is 3. The van der Waals surface area contributed by atoms with E-state index in [4.69, 9.17) is 15.7 Å². The second-order valence-corrected chi connectivity index (χ2v) is 3.83. The Bertz CT molecular complexity index is 668. The summed E-state index contributed by atoms with van der Waals surface area (Å²) in [6.07, 6.45) is -4.74. The molecule has 1 aromatic carbocycles. The molecule has 0 saturated carbocycles. The Morgan fingerprint density at radius 3 is 2.30 bits per heavy atom. The van der Waals surface area contributed by atoms with Crippen molar-refractivity contribution < 1.29 is 17.9 Å². The number of nitriles is 1. The molecule has 0 unspecified atom stereocenters. The lowest BCUT2D eigenvalue weighted by atomic mass is 10.2. The molecule has 0 atom stereocenters. The standard InChI is InChI=1S/C12H9F3N4O/c1-20-8-4-2-7(3-5-8)19-11(17)9(6-16)10(18-19)12(13,14)15/h2-5H,17H2,1H3. The highest BCUT2D eigenvalue weighted by atomic mass is 19.4. The second-order valence-electron chi connectivity index (χ2n) is 3.83. The van der Waals surface area contributed by atoms with E-state index in [1.807, 2.05) is 0 Å². The van der Waals surface area contributed by atoms with Crippen molar-refractivity contribution in [2.45, 2.75) is 6.18 Å². The molecule has 0 fully saturated rings. The monoisotopic (exact) mass is 282 g/mol. The van der Waals surface area contributed by atoms with Crippen molar-refractivity contribution in [3.05, 3.63) is 35.5 Å². The number of methoxy groups -OCH3 is 1. The van der Waals surface area contributed by atoms with Crippen LogP contribution in [0.4, 0.5) is 19.0 Å². The third-order valence-corrected chi connectivity index (χ3v) is 2.62. The summed E-state index contributed by atoms with van der Waals surface area (Å²) >= 11 is 0. The SMILES string of the molecule is COc1ccc(-n2nc(C(F)(F)F)c(C#N)c2N)cc1. The van der Waals surface area contributed by atoms with E-state index in [0.717, 1.165) is 4.68 Å². The predicted molar refractivity (Wildman–Crippen MR) is 64.2 cm³/mol. The maximum absolute atomic E-state index is 12.8. The molecule has 5 nitrogen and oxygen atoms in total. The quantitative estimate of drug-likeness (QED) is 0.917. The number of anilines is 1. The van der Waals surface area contributed by atoms with Crippen LogP contribution in [0.5, 0.6) is 5.75 Å². The van der Waals surface area contributed by atoms with Crippen LogP contribution >= 0.6 is 0 Å². The molecule has 8 heteroatoms. The van der Waals surface area contributed by atoms with Gasteiger partial charge in [0.05, 0.1) is 12.8 Å². The van der Waals surface area contributed by atoms with Gasteiger partial charge >= 0.3 is 6.18 Å². The van der Waals surface area contributed by atoms with E-state index in [-0.39, 0.29) is 5.82 Å². The van der Waals surface area contributed by atoms with Gasteiger partial charge in [-0.1, -0.05) is 0 Å². The fourth-order valence-electron chi connectivity index (χ4n) is 1.66. The maximum Gasteiger partial charge on any atom is 0.436 e. The highest BCUT2D eigenvalue weighted by Crippen LogP contribution is 2.34. The average molecular weight is 282 g/mol. The summed E-state index contributed by atoms with van der Waals surface area (Å²) in [5.74, 6) is 0.182. The molecule has 1 aromatic heterocycles. The Morgan fingerprint density at radius 1 is 1.30 bits per heavy atom. The van der Waals surface area contributed by atoms with E-state index in [2.05, 4.69) is 5.10 Å². The van der Waals surface area contributed by atoms with E-state index in [1.165, 1.54) is 25.3 Å². The number of nitrogens with zero attached hydrogens (tertiary/aromatic N) is 3. The molecule has 0 radical (unpaired) electrons. The molecule has 0 aliphatic heterocycles. The highest BCUT2D eigenvalue weighted by molar-refractivity contribution is 5.57. The van der Waals surface area contributed by atoms with Crippen molar-refractivity contribution in [3.63, 3.8) is 0 Å². The fraction of sp³-hybridized carbons (Fsp3) is 0.167. The Hall–Kier alpha value is -2.69. The molecule has 2 N–H and O–H groups in total. The third kappa shape index (κ3) is 2.25. The number of benzene rings is 1. The molecule has 0 aliphatic carbocycles. The number of halogens is 3. The highest BCUT2D eigenvalue weighted by Gasteiger charge is 2.39. The van der Waals surface area contributed by atoms with Crippen molar-refractivity contribution in [2.75, 3.05) is 12.8 Å². The average Bonchev–Trinajstić information content (AvgIpc) is 2.76. The number of nitrogens with two attached hydrogens (primary N) is 1. The van der Waals surface area contributed by atoms with E-state index in [1.54, 1.807) is 12.1 Å². The van der Waals surface area contributed by atoms with Gasteiger partial charge in [0.1, 0.15) is 23.2 Å². The molecule has 2 rings (SSSR count). The summed E-state index contributed by atoms with van der Waals surface area (Å²) in [5, 5.41) is 12.2. The van der Waals surface area contributed by atoms with Gasteiger partial charge in [0.15, 0.2) is 5.69 Å². The van der Waals surface area contributed by atoms with Gasteiger partial charge < -0.3 is 10.5 Å². The van der Waals surface area contributed by atoms with Crippen molar-refractivity contribution >= 4 is 5.82 Å².